The van der Waals surface area contributed by atoms with Crippen LogP contribution in [0.2, 0.25) is 0 Å². The first-order valence-corrected chi connectivity index (χ1v) is 6.61. The molecule has 1 rings (SSSR count). The van der Waals surface area contributed by atoms with E-state index in [9.17, 15) is 14.4 Å². The average molecular weight is 287 g/mol. The third-order valence-electron chi connectivity index (χ3n) is 3.20. The molecule has 2 N–H and O–H groups in total. The Labute approximate surface area is 117 Å². The van der Waals surface area contributed by atoms with E-state index in [-0.39, 0.29) is 19.2 Å². The second-order valence-electron chi connectivity index (χ2n) is 4.50. The van der Waals surface area contributed by atoms with Gasteiger partial charge in [0.1, 0.15) is 12.6 Å². The van der Waals surface area contributed by atoms with E-state index >= 15 is 0 Å². The fraction of sp³-hybridized carbons (Fsp3) is 0.750. The molecule has 0 saturated carbocycles. The minimum atomic E-state index is -0.870. The minimum Gasteiger partial charge on any atom is -0.480 e. The number of amides is 2. The summed E-state index contributed by atoms with van der Waals surface area (Å²) in [6, 6.07) is -0.888. The molecule has 8 nitrogen and oxygen atoms in total. The number of piperazine rings is 1. The molecule has 1 heterocycles. The van der Waals surface area contributed by atoms with Gasteiger partial charge in [-0.25, -0.2) is 4.79 Å². The van der Waals surface area contributed by atoms with Crippen molar-refractivity contribution in [2.24, 2.45) is 0 Å². The van der Waals surface area contributed by atoms with Crippen LogP contribution < -0.4 is 5.32 Å². The van der Waals surface area contributed by atoms with Crippen molar-refractivity contribution in [3.8, 4) is 0 Å². The van der Waals surface area contributed by atoms with Crippen LogP contribution in [-0.2, 0) is 14.3 Å². The maximum Gasteiger partial charge on any atom is 0.325 e. The molecule has 1 aliphatic rings. The van der Waals surface area contributed by atoms with Crippen molar-refractivity contribution in [1.82, 2.24) is 15.1 Å². The fourth-order valence-electron chi connectivity index (χ4n) is 1.94. The molecule has 0 aromatic rings. The van der Waals surface area contributed by atoms with Crippen molar-refractivity contribution in [2.45, 2.75) is 19.9 Å². The number of esters is 1. The van der Waals surface area contributed by atoms with Crippen molar-refractivity contribution >= 4 is 18.0 Å². The molecule has 0 spiro atoms. The van der Waals surface area contributed by atoms with Gasteiger partial charge in [-0.1, -0.05) is 0 Å². The Morgan fingerprint density at radius 3 is 2.35 bits per heavy atom. The molecule has 114 valence electrons. The van der Waals surface area contributed by atoms with E-state index in [1.54, 1.807) is 23.6 Å². The van der Waals surface area contributed by atoms with Crippen molar-refractivity contribution in [1.29, 1.82) is 0 Å². The molecule has 0 aromatic heterocycles. The molecule has 20 heavy (non-hydrogen) atoms. The van der Waals surface area contributed by atoms with E-state index in [1.807, 2.05) is 0 Å². The third-order valence-corrected chi connectivity index (χ3v) is 3.20. The lowest BCUT2D eigenvalue weighted by molar-refractivity contribution is -0.143. The van der Waals surface area contributed by atoms with Gasteiger partial charge in [-0.05, 0) is 13.8 Å². The average Bonchev–Trinajstić information content (AvgIpc) is 2.44. The summed E-state index contributed by atoms with van der Waals surface area (Å²) in [5, 5.41) is 11.4. The van der Waals surface area contributed by atoms with E-state index < -0.39 is 18.0 Å². The second-order valence-corrected chi connectivity index (χ2v) is 4.50. The zero-order chi connectivity index (χ0) is 15.1. The van der Waals surface area contributed by atoms with Gasteiger partial charge in [0.05, 0.1) is 6.61 Å². The van der Waals surface area contributed by atoms with E-state index in [0.717, 1.165) is 0 Å². The molecular formula is C12H21N3O5. The number of hydrogen-bond acceptors (Lipinski definition) is 5. The Bertz CT molecular complexity index is 366. The highest BCUT2D eigenvalue weighted by Crippen LogP contribution is 2.06. The van der Waals surface area contributed by atoms with Crippen LogP contribution in [-0.4, -0.2) is 78.2 Å². The lowest BCUT2D eigenvalue weighted by Crippen LogP contribution is -2.55. The highest BCUT2D eigenvalue weighted by molar-refractivity contribution is 5.81. The van der Waals surface area contributed by atoms with Gasteiger partial charge in [0.15, 0.2) is 0 Å². The van der Waals surface area contributed by atoms with Crippen molar-refractivity contribution < 1.29 is 24.2 Å². The van der Waals surface area contributed by atoms with Gasteiger partial charge in [-0.3, -0.25) is 14.5 Å². The standard InChI is InChI=1S/C12H21N3O5/c1-3-20-10(16)8-13-12(19)15-6-4-14(5-7-15)9(2)11(17)18/h9H,3-8H2,1-2H3,(H,13,19)(H,17,18). The van der Waals surface area contributed by atoms with E-state index in [4.69, 9.17) is 9.84 Å². The summed E-state index contributed by atoms with van der Waals surface area (Å²) < 4.78 is 4.71. The Morgan fingerprint density at radius 1 is 1.25 bits per heavy atom. The Kier molecular flexibility index (Phi) is 6.23. The molecule has 0 aliphatic carbocycles. The van der Waals surface area contributed by atoms with Gasteiger partial charge in [-0.2, -0.15) is 0 Å². The minimum absolute atomic E-state index is 0.154. The highest BCUT2D eigenvalue weighted by atomic mass is 16.5. The molecule has 8 heteroatoms. The van der Waals surface area contributed by atoms with Gasteiger partial charge >= 0.3 is 18.0 Å². The first kappa shape index (κ1) is 16.2. The number of nitrogens with zero attached hydrogens (tertiary/aromatic N) is 2. The van der Waals surface area contributed by atoms with Crippen molar-refractivity contribution in [2.75, 3.05) is 39.3 Å². The molecule has 0 radical (unpaired) electrons. The van der Waals surface area contributed by atoms with E-state index in [2.05, 4.69) is 5.32 Å². The molecule has 1 saturated heterocycles. The summed E-state index contributed by atoms with van der Waals surface area (Å²) in [5.74, 6) is -1.34. The van der Waals surface area contributed by atoms with Crippen LogP contribution in [0.5, 0.6) is 0 Å². The SMILES string of the molecule is CCOC(=O)CNC(=O)N1CCN(C(C)C(=O)O)CC1. The molecule has 1 fully saturated rings. The number of rotatable bonds is 5. The first-order chi connectivity index (χ1) is 9.45. The zero-order valence-electron chi connectivity index (χ0n) is 11.8. The van der Waals surface area contributed by atoms with Crippen LogP contribution in [0, 0.1) is 0 Å². The number of nitrogens with one attached hydrogen (secondary N) is 1. The predicted octanol–water partition coefficient (Wildman–Crippen LogP) is -0.650. The lowest BCUT2D eigenvalue weighted by Gasteiger charge is -2.36. The molecule has 1 unspecified atom stereocenters. The molecule has 0 bridgehead atoms. The van der Waals surface area contributed by atoms with Gasteiger partial charge < -0.3 is 20.1 Å². The smallest absolute Gasteiger partial charge is 0.325 e. The van der Waals surface area contributed by atoms with E-state index in [1.165, 1.54) is 0 Å². The summed E-state index contributed by atoms with van der Waals surface area (Å²) in [4.78, 5) is 37.1. The van der Waals surface area contributed by atoms with Gasteiger partial charge in [0.2, 0.25) is 0 Å². The summed E-state index contributed by atoms with van der Waals surface area (Å²) in [6.45, 7) is 5.32. The Hall–Kier alpha value is -1.83. The number of urea groups is 1. The van der Waals surface area contributed by atoms with Gasteiger partial charge in [-0.15, -0.1) is 0 Å². The number of ether oxygens (including phenoxy) is 1. The van der Waals surface area contributed by atoms with Crippen LogP contribution in [0.25, 0.3) is 0 Å². The molecular weight excluding hydrogens is 266 g/mol. The number of hydrogen-bond donors (Lipinski definition) is 2. The molecule has 2 amide bonds. The van der Waals surface area contributed by atoms with Crippen LogP contribution in [0.3, 0.4) is 0 Å². The number of aliphatic carboxylic acids is 1. The van der Waals surface area contributed by atoms with Crippen molar-refractivity contribution in [3.05, 3.63) is 0 Å². The topological polar surface area (TPSA) is 99.2 Å². The predicted molar refractivity (Wildman–Crippen MR) is 70.3 cm³/mol. The number of carboxylic acid groups (broad SMARTS) is 1. The van der Waals surface area contributed by atoms with Gasteiger partial charge in [0, 0.05) is 26.2 Å². The number of carbonyl (C=O) groups excluding carboxylic acids is 2. The highest BCUT2D eigenvalue weighted by Gasteiger charge is 2.27. The summed E-state index contributed by atoms with van der Waals surface area (Å²) in [7, 11) is 0. The fourth-order valence-corrected chi connectivity index (χ4v) is 1.94. The number of carbonyl (C=O) groups is 3. The Morgan fingerprint density at radius 2 is 1.85 bits per heavy atom. The Balaban J connectivity index is 2.32. The molecule has 1 atom stereocenters. The summed E-state index contributed by atoms with van der Waals surface area (Å²) in [5.41, 5.74) is 0. The normalized spacial score (nSPS) is 17.4. The second kappa shape index (κ2) is 7.68. The summed E-state index contributed by atoms with van der Waals surface area (Å²) in [6.07, 6.45) is 0. The van der Waals surface area contributed by atoms with Crippen LogP contribution in [0.4, 0.5) is 4.79 Å². The molecule has 1 aliphatic heterocycles. The van der Waals surface area contributed by atoms with Crippen LogP contribution >= 0.6 is 0 Å². The summed E-state index contributed by atoms with van der Waals surface area (Å²) >= 11 is 0. The monoisotopic (exact) mass is 287 g/mol. The van der Waals surface area contributed by atoms with Crippen molar-refractivity contribution in [3.63, 3.8) is 0 Å². The van der Waals surface area contributed by atoms with Crippen LogP contribution in [0.1, 0.15) is 13.8 Å². The third kappa shape index (κ3) is 4.69. The maximum atomic E-state index is 11.8. The van der Waals surface area contributed by atoms with Crippen LogP contribution in [0.15, 0.2) is 0 Å². The van der Waals surface area contributed by atoms with E-state index in [0.29, 0.717) is 26.2 Å². The maximum absolute atomic E-state index is 11.8. The first-order valence-electron chi connectivity index (χ1n) is 6.61. The van der Waals surface area contributed by atoms with Gasteiger partial charge in [0.25, 0.3) is 0 Å². The molecule has 0 aromatic carbocycles. The lowest BCUT2D eigenvalue weighted by atomic mass is 10.2. The zero-order valence-corrected chi connectivity index (χ0v) is 11.8. The number of carboxylic acids is 1. The largest absolute Gasteiger partial charge is 0.480 e. The quantitative estimate of drug-likeness (QED) is 0.652.